The number of nitrogens with zero attached hydrogens (tertiary/aromatic N) is 2. The molecule has 0 amide bonds. The van der Waals surface area contributed by atoms with Crippen molar-refractivity contribution in [2.24, 2.45) is 0 Å². The summed E-state index contributed by atoms with van der Waals surface area (Å²) in [5.41, 5.74) is -4.95. The zero-order chi connectivity index (χ0) is 22.1. The fourth-order valence-electron chi connectivity index (χ4n) is 3.08. The van der Waals surface area contributed by atoms with Crippen LogP contribution in [0.5, 0.6) is 0 Å². The maximum atomic E-state index is 13.6. The second-order valence-electron chi connectivity index (χ2n) is 6.14. The average molecular weight is 420 g/mol. The molecule has 0 spiro atoms. The number of benzene rings is 1. The van der Waals surface area contributed by atoms with Crippen LogP contribution in [-0.2, 0) is 21.9 Å². The van der Waals surface area contributed by atoms with Crippen molar-refractivity contribution in [1.82, 2.24) is 4.90 Å². The molecule has 1 heterocycles. The van der Waals surface area contributed by atoms with E-state index < -0.39 is 46.5 Å². The SMILES string of the molecule is COCC1=C(C(=O)O)C(c2ccc(C(F)(F)F)cc2C(F)(F)F)C(C#N)=CN1C. The lowest BCUT2D eigenvalue weighted by Crippen LogP contribution is -2.30. The lowest BCUT2D eigenvalue weighted by atomic mass is 9.79. The Labute approximate surface area is 161 Å². The highest BCUT2D eigenvalue weighted by Crippen LogP contribution is 2.45. The van der Waals surface area contributed by atoms with Crippen LogP contribution in [0.25, 0.3) is 0 Å². The number of ether oxygens (including phenoxy) is 1. The average Bonchev–Trinajstić information content (AvgIpc) is 2.60. The molecule has 1 N–H and O–H groups in total. The van der Waals surface area contributed by atoms with Crippen LogP contribution in [0.2, 0.25) is 0 Å². The first-order valence-electron chi connectivity index (χ1n) is 7.91. The van der Waals surface area contributed by atoms with Crippen molar-refractivity contribution >= 4 is 5.97 Å². The molecule has 1 aliphatic heterocycles. The van der Waals surface area contributed by atoms with Gasteiger partial charge in [0, 0.05) is 20.4 Å². The lowest BCUT2D eigenvalue weighted by molar-refractivity contribution is -0.143. The molecule has 0 aromatic heterocycles. The number of alkyl halides is 6. The number of allylic oxidation sites excluding steroid dienone is 1. The Kier molecular flexibility index (Phi) is 5.99. The number of hydrogen-bond donors (Lipinski definition) is 1. The summed E-state index contributed by atoms with van der Waals surface area (Å²) < 4.78 is 84.5. The van der Waals surface area contributed by atoms with Gasteiger partial charge in [0.15, 0.2) is 0 Å². The third-order valence-corrected chi connectivity index (χ3v) is 4.31. The number of halogens is 6. The summed E-state index contributed by atoms with van der Waals surface area (Å²) in [4.78, 5) is 13.1. The molecule has 0 radical (unpaired) electrons. The number of methoxy groups -OCH3 is 1. The topological polar surface area (TPSA) is 73.6 Å². The molecule has 1 aliphatic rings. The van der Waals surface area contributed by atoms with Gasteiger partial charge in [-0.05, 0) is 17.7 Å². The van der Waals surface area contributed by atoms with Crippen LogP contribution >= 0.6 is 0 Å². The fourth-order valence-corrected chi connectivity index (χ4v) is 3.08. The van der Waals surface area contributed by atoms with Crippen molar-refractivity contribution in [1.29, 1.82) is 5.26 Å². The number of aliphatic carboxylic acids is 1. The third kappa shape index (κ3) is 4.37. The minimum Gasteiger partial charge on any atom is -0.478 e. The van der Waals surface area contributed by atoms with Gasteiger partial charge in [0.25, 0.3) is 0 Å². The zero-order valence-electron chi connectivity index (χ0n) is 15.0. The molecule has 1 aromatic carbocycles. The van der Waals surface area contributed by atoms with Crippen LogP contribution in [0.4, 0.5) is 26.3 Å². The van der Waals surface area contributed by atoms with Crippen LogP contribution in [0.1, 0.15) is 22.6 Å². The van der Waals surface area contributed by atoms with Gasteiger partial charge in [-0.25, -0.2) is 4.79 Å². The normalized spacial score (nSPS) is 17.8. The number of carbonyl (C=O) groups is 1. The van der Waals surface area contributed by atoms with E-state index in [4.69, 9.17) is 4.74 Å². The number of hydrogen-bond acceptors (Lipinski definition) is 4. The van der Waals surface area contributed by atoms with Gasteiger partial charge in [0.05, 0.1) is 46.6 Å². The largest absolute Gasteiger partial charge is 0.478 e. The van der Waals surface area contributed by atoms with Gasteiger partial charge >= 0.3 is 18.3 Å². The van der Waals surface area contributed by atoms with Crippen molar-refractivity contribution in [3.05, 3.63) is 57.9 Å². The molecular weight excluding hydrogens is 406 g/mol. The summed E-state index contributed by atoms with van der Waals surface area (Å²) in [6, 6.07) is 2.54. The molecule has 0 saturated carbocycles. The minimum absolute atomic E-state index is 0.0305. The van der Waals surface area contributed by atoms with E-state index in [-0.39, 0.29) is 23.9 Å². The smallest absolute Gasteiger partial charge is 0.416 e. The minimum atomic E-state index is -5.22. The highest BCUT2D eigenvalue weighted by atomic mass is 19.4. The standard InChI is InChI=1S/C18H14F6N2O3/c1-26-7-9(6-25)14(15(16(27)28)13(26)8-29-2)11-4-3-10(17(19,20)21)5-12(11)18(22,23)24/h3-5,7,14H,8H2,1-2H3,(H,27,28). The van der Waals surface area contributed by atoms with Gasteiger partial charge in [0.2, 0.25) is 0 Å². The molecule has 1 unspecified atom stereocenters. The number of nitriles is 1. The van der Waals surface area contributed by atoms with Crippen LogP contribution in [0, 0.1) is 11.3 Å². The fraction of sp³-hybridized carbons (Fsp3) is 0.333. The molecule has 29 heavy (non-hydrogen) atoms. The Morgan fingerprint density at radius 2 is 1.86 bits per heavy atom. The summed E-state index contributed by atoms with van der Waals surface area (Å²) in [5, 5.41) is 19.0. The van der Waals surface area contributed by atoms with Crippen molar-refractivity contribution in [3.63, 3.8) is 0 Å². The predicted molar refractivity (Wildman–Crippen MR) is 87.2 cm³/mol. The second-order valence-corrected chi connectivity index (χ2v) is 6.14. The molecule has 5 nitrogen and oxygen atoms in total. The number of likely N-dealkylation sites (N-methyl/N-ethyl adjacent to an activating group) is 1. The van der Waals surface area contributed by atoms with Crippen molar-refractivity contribution in [3.8, 4) is 6.07 Å². The van der Waals surface area contributed by atoms with Gasteiger partial charge in [0.1, 0.15) is 0 Å². The van der Waals surface area contributed by atoms with E-state index >= 15 is 0 Å². The monoisotopic (exact) mass is 420 g/mol. The Morgan fingerprint density at radius 1 is 1.24 bits per heavy atom. The lowest BCUT2D eigenvalue weighted by Gasteiger charge is -2.32. The van der Waals surface area contributed by atoms with E-state index in [1.54, 1.807) is 6.07 Å². The highest BCUT2D eigenvalue weighted by molar-refractivity contribution is 5.91. The Balaban J connectivity index is 2.86. The summed E-state index contributed by atoms with van der Waals surface area (Å²) in [7, 11) is 2.61. The molecule has 2 rings (SSSR count). The van der Waals surface area contributed by atoms with Gasteiger partial charge in [-0.2, -0.15) is 31.6 Å². The molecule has 11 heteroatoms. The molecule has 0 saturated heterocycles. The first kappa shape index (κ1) is 22.3. The first-order valence-corrected chi connectivity index (χ1v) is 7.91. The maximum absolute atomic E-state index is 13.6. The number of carboxylic acids is 1. The molecule has 1 aromatic rings. The Morgan fingerprint density at radius 3 is 2.31 bits per heavy atom. The van der Waals surface area contributed by atoms with E-state index in [1.807, 2.05) is 0 Å². The Bertz CT molecular complexity index is 925. The third-order valence-electron chi connectivity index (χ3n) is 4.31. The molecule has 156 valence electrons. The van der Waals surface area contributed by atoms with Crippen LogP contribution in [-0.4, -0.2) is 36.7 Å². The summed E-state index contributed by atoms with van der Waals surface area (Å²) in [6.45, 7) is -0.300. The molecular formula is C18H14F6N2O3. The van der Waals surface area contributed by atoms with Gasteiger partial charge in [-0.1, -0.05) is 6.07 Å². The highest BCUT2D eigenvalue weighted by Gasteiger charge is 2.43. The molecule has 0 aliphatic carbocycles. The molecule has 0 fully saturated rings. The number of rotatable bonds is 4. The quantitative estimate of drug-likeness (QED) is 0.741. The predicted octanol–water partition coefficient (Wildman–Crippen LogP) is 4.15. The summed E-state index contributed by atoms with van der Waals surface area (Å²) in [6.07, 6.45) is -9.12. The van der Waals surface area contributed by atoms with Gasteiger partial charge < -0.3 is 14.7 Å². The van der Waals surface area contributed by atoms with E-state index in [9.17, 15) is 41.5 Å². The number of carboxylic acid groups (broad SMARTS) is 1. The van der Waals surface area contributed by atoms with Crippen LogP contribution in [0.3, 0.4) is 0 Å². The summed E-state index contributed by atoms with van der Waals surface area (Å²) >= 11 is 0. The van der Waals surface area contributed by atoms with Crippen molar-refractivity contribution in [2.45, 2.75) is 18.3 Å². The maximum Gasteiger partial charge on any atom is 0.416 e. The second kappa shape index (κ2) is 7.79. The van der Waals surface area contributed by atoms with Crippen LogP contribution < -0.4 is 0 Å². The zero-order valence-corrected chi connectivity index (χ0v) is 15.0. The van der Waals surface area contributed by atoms with Gasteiger partial charge in [-0.15, -0.1) is 0 Å². The molecule has 0 bridgehead atoms. The summed E-state index contributed by atoms with van der Waals surface area (Å²) in [5.74, 6) is -3.35. The van der Waals surface area contributed by atoms with Crippen LogP contribution in [0.15, 0.2) is 41.2 Å². The Hall–Kier alpha value is -3.00. The van der Waals surface area contributed by atoms with Gasteiger partial charge in [-0.3, -0.25) is 0 Å². The first-order chi connectivity index (χ1) is 13.3. The van der Waals surface area contributed by atoms with E-state index in [2.05, 4.69) is 0 Å². The van der Waals surface area contributed by atoms with Crippen molar-refractivity contribution < 1.29 is 41.0 Å². The van der Waals surface area contributed by atoms with E-state index in [1.165, 1.54) is 19.1 Å². The van der Waals surface area contributed by atoms with Crippen molar-refractivity contribution in [2.75, 3.05) is 20.8 Å². The van der Waals surface area contributed by atoms with E-state index in [0.29, 0.717) is 12.1 Å². The van der Waals surface area contributed by atoms with E-state index in [0.717, 1.165) is 6.20 Å². The molecule has 1 atom stereocenters.